The molecule has 0 saturated carbocycles. The van der Waals surface area contributed by atoms with Crippen LogP contribution in [0.3, 0.4) is 0 Å². The van der Waals surface area contributed by atoms with Gasteiger partial charge in [-0.25, -0.2) is 22.7 Å². The van der Waals surface area contributed by atoms with Crippen molar-refractivity contribution < 1.29 is 27.5 Å². The lowest BCUT2D eigenvalue weighted by molar-refractivity contribution is -0.198. The minimum atomic E-state index is -3.81. The summed E-state index contributed by atoms with van der Waals surface area (Å²) in [6.07, 6.45) is 9.77. The number of ether oxygens (including phenoxy) is 2. The molecule has 0 radical (unpaired) electrons. The number of hydrogen-bond acceptors (Lipinski definition) is 9. The summed E-state index contributed by atoms with van der Waals surface area (Å²) >= 11 is 0. The first-order valence-corrected chi connectivity index (χ1v) is 14.4. The molecule has 1 aromatic carbocycles. The molecule has 2 fully saturated rings. The van der Waals surface area contributed by atoms with Crippen molar-refractivity contribution in [2.24, 2.45) is 0 Å². The number of hydroxylamine groups is 1. The molecule has 1 N–H and O–H groups in total. The molecule has 0 aliphatic carbocycles. The Labute approximate surface area is 227 Å². The van der Waals surface area contributed by atoms with Gasteiger partial charge in [0.2, 0.25) is 0 Å². The highest BCUT2D eigenvalue weighted by atomic mass is 32.2. The number of benzene rings is 1. The topological polar surface area (TPSA) is 130 Å². The Morgan fingerprint density at radius 3 is 2.67 bits per heavy atom. The molecule has 2 aliphatic heterocycles. The highest BCUT2D eigenvalue weighted by molar-refractivity contribution is 7.90. The molecule has 39 heavy (non-hydrogen) atoms. The SMILES string of the molecule is O=C(/C=C/c1ccn(S(=O)(=O)c2ccc(-c3cn(CCN4CCOCC4)nn3)cc2)c1)NOC1CCCCO1. The minimum Gasteiger partial charge on any atom is -0.379 e. The quantitative estimate of drug-likeness (QED) is 0.294. The maximum Gasteiger partial charge on any atom is 0.267 e. The van der Waals surface area contributed by atoms with Gasteiger partial charge in [-0.05, 0) is 42.7 Å². The summed E-state index contributed by atoms with van der Waals surface area (Å²) in [5.74, 6) is -0.464. The van der Waals surface area contributed by atoms with E-state index in [1.807, 2.05) is 6.20 Å². The van der Waals surface area contributed by atoms with Gasteiger partial charge in [0.25, 0.3) is 15.9 Å². The van der Waals surface area contributed by atoms with Crippen LogP contribution >= 0.6 is 0 Å². The fourth-order valence-electron chi connectivity index (χ4n) is 4.30. The summed E-state index contributed by atoms with van der Waals surface area (Å²) in [7, 11) is -3.81. The van der Waals surface area contributed by atoms with Crippen LogP contribution in [0.1, 0.15) is 24.8 Å². The van der Waals surface area contributed by atoms with Crippen molar-refractivity contribution in [3.8, 4) is 11.3 Å². The molecule has 1 atom stereocenters. The monoisotopic (exact) mass is 556 g/mol. The lowest BCUT2D eigenvalue weighted by Crippen LogP contribution is -2.38. The summed E-state index contributed by atoms with van der Waals surface area (Å²) in [5, 5.41) is 8.44. The lowest BCUT2D eigenvalue weighted by Gasteiger charge is -2.26. The molecule has 13 heteroatoms. The molecule has 5 rings (SSSR count). The van der Waals surface area contributed by atoms with Crippen LogP contribution in [0.5, 0.6) is 0 Å². The Morgan fingerprint density at radius 2 is 1.90 bits per heavy atom. The predicted molar refractivity (Wildman–Crippen MR) is 142 cm³/mol. The molecular weight excluding hydrogens is 524 g/mol. The van der Waals surface area contributed by atoms with E-state index in [4.69, 9.17) is 14.3 Å². The van der Waals surface area contributed by atoms with Crippen molar-refractivity contribution in [2.45, 2.75) is 37.0 Å². The van der Waals surface area contributed by atoms with Gasteiger partial charge in [-0.2, -0.15) is 0 Å². The molecule has 2 aromatic heterocycles. The summed E-state index contributed by atoms with van der Waals surface area (Å²) < 4.78 is 39.9. The van der Waals surface area contributed by atoms with Gasteiger partial charge >= 0.3 is 0 Å². The zero-order valence-corrected chi connectivity index (χ0v) is 22.3. The van der Waals surface area contributed by atoms with Crippen LogP contribution in [0.4, 0.5) is 0 Å². The van der Waals surface area contributed by atoms with E-state index in [0.717, 1.165) is 61.6 Å². The van der Waals surface area contributed by atoms with E-state index in [0.29, 0.717) is 24.4 Å². The van der Waals surface area contributed by atoms with Crippen LogP contribution in [0.15, 0.2) is 59.9 Å². The van der Waals surface area contributed by atoms with Gasteiger partial charge in [0, 0.05) is 56.7 Å². The summed E-state index contributed by atoms with van der Waals surface area (Å²) in [4.78, 5) is 19.7. The van der Waals surface area contributed by atoms with Crippen LogP contribution in [0.25, 0.3) is 17.3 Å². The molecular formula is C26H32N6O6S. The average Bonchev–Trinajstić information content (AvgIpc) is 3.66. The Morgan fingerprint density at radius 1 is 1.08 bits per heavy atom. The predicted octanol–water partition coefficient (Wildman–Crippen LogP) is 1.90. The number of carbonyl (C=O) groups excluding carboxylic acids is 1. The normalized spacial score (nSPS) is 18.9. The first kappa shape index (κ1) is 27.2. The third-order valence-electron chi connectivity index (χ3n) is 6.56. The molecule has 0 bridgehead atoms. The zero-order chi connectivity index (χ0) is 27.1. The Kier molecular flexibility index (Phi) is 8.84. The molecule has 208 valence electrons. The van der Waals surface area contributed by atoms with E-state index in [1.54, 1.807) is 35.0 Å². The van der Waals surface area contributed by atoms with Gasteiger partial charge in [-0.15, -0.1) is 5.10 Å². The summed E-state index contributed by atoms with van der Waals surface area (Å²) in [5.41, 5.74) is 4.33. The van der Waals surface area contributed by atoms with Gasteiger partial charge in [0.15, 0.2) is 6.29 Å². The fraction of sp³-hybridized carbons (Fsp3) is 0.423. The number of carbonyl (C=O) groups is 1. The van der Waals surface area contributed by atoms with Crippen LogP contribution in [-0.2, 0) is 35.7 Å². The Balaban J connectivity index is 1.16. The molecule has 4 heterocycles. The molecule has 2 saturated heterocycles. The number of amides is 1. The molecule has 2 aliphatic rings. The molecule has 12 nitrogen and oxygen atoms in total. The molecule has 0 spiro atoms. The minimum absolute atomic E-state index is 0.135. The maximum absolute atomic E-state index is 13.1. The van der Waals surface area contributed by atoms with Gasteiger partial charge in [-0.1, -0.05) is 17.3 Å². The molecule has 3 aromatic rings. The molecule has 1 amide bonds. The molecule has 1 unspecified atom stereocenters. The average molecular weight is 557 g/mol. The van der Waals surface area contributed by atoms with E-state index >= 15 is 0 Å². The second-order valence-corrected chi connectivity index (χ2v) is 11.2. The van der Waals surface area contributed by atoms with Gasteiger partial charge in [0.05, 0.1) is 30.9 Å². The van der Waals surface area contributed by atoms with Crippen LogP contribution in [0, 0.1) is 0 Å². The van der Waals surface area contributed by atoms with Crippen LogP contribution < -0.4 is 5.48 Å². The van der Waals surface area contributed by atoms with Gasteiger partial charge < -0.3 is 9.47 Å². The van der Waals surface area contributed by atoms with Crippen molar-refractivity contribution in [3.05, 3.63) is 60.6 Å². The first-order valence-electron chi connectivity index (χ1n) is 13.0. The highest BCUT2D eigenvalue weighted by Crippen LogP contribution is 2.21. The number of rotatable bonds is 10. The second-order valence-electron chi connectivity index (χ2n) is 9.34. The number of nitrogens with one attached hydrogen (secondary N) is 1. The van der Waals surface area contributed by atoms with E-state index in [-0.39, 0.29) is 4.90 Å². The van der Waals surface area contributed by atoms with Crippen molar-refractivity contribution in [2.75, 3.05) is 39.5 Å². The second kappa shape index (κ2) is 12.7. The van der Waals surface area contributed by atoms with Crippen LogP contribution in [0.2, 0.25) is 0 Å². The number of morpholine rings is 1. The standard InChI is InChI=1S/C26H32N6O6S/c33-25(28-38-26-3-1-2-16-37-26)9-4-21-10-11-32(19-21)39(34,35)23-7-5-22(6-8-23)24-20-31(29-27-24)13-12-30-14-17-36-18-15-30/h4-11,19-20,26H,1-3,12-18H2,(H,28,33)/b9-4+. The van der Waals surface area contributed by atoms with Gasteiger partial charge in [0.1, 0.15) is 5.69 Å². The number of aromatic nitrogens is 4. The van der Waals surface area contributed by atoms with Crippen LogP contribution in [-0.4, -0.2) is 83.9 Å². The largest absolute Gasteiger partial charge is 0.379 e. The van der Waals surface area contributed by atoms with Crippen molar-refractivity contribution in [1.29, 1.82) is 0 Å². The number of nitrogens with zero attached hydrogens (tertiary/aromatic N) is 5. The first-order chi connectivity index (χ1) is 19.0. The summed E-state index contributed by atoms with van der Waals surface area (Å²) in [6, 6.07) is 8.13. The van der Waals surface area contributed by atoms with E-state index in [1.165, 1.54) is 24.5 Å². The smallest absolute Gasteiger partial charge is 0.267 e. The van der Waals surface area contributed by atoms with Crippen molar-refractivity contribution in [1.82, 2.24) is 29.3 Å². The Hall–Kier alpha value is -3.36. The zero-order valence-electron chi connectivity index (χ0n) is 21.5. The van der Waals surface area contributed by atoms with E-state index < -0.39 is 22.2 Å². The van der Waals surface area contributed by atoms with Crippen molar-refractivity contribution in [3.63, 3.8) is 0 Å². The third-order valence-corrected chi connectivity index (χ3v) is 8.21. The highest BCUT2D eigenvalue weighted by Gasteiger charge is 2.18. The number of hydrogen-bond donors (Lipinski definition) is 1. The lowest BCUT2D eigenvalue weighted by atomic mass is 10.2. The fourth-order valence-corrected chi connectivity index (χ4v) is 5.51. The van der Waals surface area contributed by atoms with Gasteiger partial charge in [-0.3, -0.25) is 14.4 Å². The summed E-state index contributed by atoms with van der Waals surface area (Å²) in [6.45, 7) is 5.52. The van der Waals surface area contributed by atoms with E-state index in [9.17, 15) is 13.2 Å². The van der Waals surface area contributed by atoms with Crippen molar-refractivity contribution >= 4 is 22.0 Å². The third kappa shape index (κ3) is 7.19. The Bertz CT molecular complexity index is 1370. The maximum atomic E-state index is 13.1. The van der Waals surface area contributed by atoms with E-state index in [2.05, 4.69) is 20.7 Å².